The van der Waals surface area contributed by atoms with Gasteiger partial charge in [-0.2, -0.15) is 5.10 Å². The molecule has 0 saturated carbocycles. The van der Waals surface area contributed by atoms with Gasteiger partial charge in [-0.05, 0) is 49.2 Å². The fourth-order valence-corrected chi connectivity index (χ4v) is 2.12. The zero-order chi connectivity index (χ0) is 17.4. The highest BCUT2D eigenvalue weighted by atomic mass is 16.5. The first-order valence-corrected chi connectivity index (χ1v) is 7.62. The fourth-order valence-electron chi connectivity index (χ4n) is 2.12. The molecule has 1 amide bonds. The highest BCUT2D eigenvalue weighted by Crippen LogP contribution is 2.28. The molecule has 24 heavy (non-hydrogen) atoms. The van der Waals surface area contributed by atoms with Crippen LogP contribution in [0.4, 0.5) is 5.69 Å². The SMILES string of the molecule is CCOc1cc(C=NN)ccc1OCC(=O)Nc1ccccc1C. The minimum absolute atomic E-state index is 0.112. The molecule has 2 rings (SSSR count). The van der Waals surface area contributed by atoms with Gasteiger partial charge in [0.15, 0.2) is 18.1 Å². The molecule has 2 aromatic carbocycles. The van der Waals surface area contributed by atoms with E-state index in [4.69, 9.17) is 15.3 Å². The second kappa shape index (κ2) is 8.57. The maximum atomic E-state index is 12.1. The number of hydrogen-bond donors (Lipinski definition) is 2. The van der Waals surface area contributed by atoms with Gasteiger partial charge >= 0.3 is 0 Å². The topological polar surface area (TPSA) is 85.9 Å². The lowest BCUT2D eigenvalue weighted by Gasteiger charge is -2.13. The van der Waals surface area contributed by atoms with Crippen molar-refractivity contribution in [3.8, 4) is 11.5 Å². The van der Waals surface area contributed by atoms with Crippen LogP contribution in [0.5, 0.6) is 11.5 Å². The van der Waals surface area contributed by atoms with Crippen molar-refractivity contribution in [2.45, 2.75) is 13.8 Å². The van der Waals surface area contributed by atoms with E-state index >= 15 is 0 Å². The van der Waals surface area contributed by atoms with E-state index in [-0.39, 0.29) is 12.5 Å². The number of aryl methyl sites for hydroxylation is 1. The van der Waals surface area contributed by atoms with Crippen LogP contribution in [0, 0.1) is 6.92 Å². The zero-order valence-corrected chi connectivity index (χ0v) is 13.8. The normalized spacial score (nSPS) is 10.6. The molecule has 0 radical (unpaired) electrons. The highest BCUT2D eigenvalue weighted by Gasteiger charge is 2.10. The summed E-state index contributed by atoms with van der Waals surface area (Å²) in [7, 11) is 0. The molecule has 0 aliphatic heterocycles. The van der Waals surface area contributed by atoms with Crippen LogP contribution >= 0.6 is 0 Å². The Morgan fingerprint density at radius 3 is 2.71 bits per heavy atom. The molecule has 126 valence electrons. The zero-order valence-electron chi connectivity index (χ0n) is 13.8. The summed E-state index contributed by atoms with van der Waals surface area (Å²) in [6, 6.07) is 12.8. The molecular formula is C18H21N3O3. The van der Waals surface area contributed by atoms with Crippen molar-refractivity contribution in [2.75, 3.05) is 18.5 Å². The van der Waals surface area contributed by atoms with Crippen LogP contribution in [0.25, 0.3) is 0 Å². The van der Waals surface area contributed by atoms with E-state index < -0.39 is 0 Å². The second-order valence-electron chi connectivity index (χ2n) is 5.07. The molecule has 0 aliphatic carbocycles. The molecule has 0 unspecified atom stereocenters. The molecule has 0 spiro atoms. The van der Waals surface area contributed by atoms with Gasteiger partial charge in [-0.1, -0.05) is 18.2 Å². The van der Waals surface area contributed by atoms with Crippen molar-refractivity contribution in [3.05, 3.63) is 53.6 Å². The summed E-state index contributed by atoms with van der Waals surface area (Å²) < 4.78 is 11.1. The Bertz CT molecular complexity index is 729. The molecular weight excluding hydrogens is 306 g/mol. The minimum Gasteiger partial charge on any atom is -0.490 e. The first kappa shape index (κ1) is 17.3. The number of carbonyl (C=O) groups is 1. The van der Waals surface area contributed by atoms with Crippen LogP contribution in [0.15, 0.2) is 47.6 Å². The molecule has 0 bridgehead atoms. The quantitative estimate of drug-likeness (QED) is 0.465. The molecule has 6 heteroatoms. The van der Waals surface area contributed by atoms with E-state index in [1.165, 1.54) is 6.21 Å². The van der Waals surface area contributed by atoms with Crippen LogP contribution in [0.2, 0.25) is 0 Å². The Hall–Kier alpha value is -3.02. The summed E-state index contributed by atoms with van der Waals surface area (Å²) in [6.07, 6.45) is 1.51. The first-order valence-electron chi connectivity index (χ1n) is 7.62. The lowest BCUT2D eigenvalue weighted by molar-refractivity contribution is -0.118. The Morgan fingerprint density at radius 1 is 1.21 bits per heavy atom. The summed E-state index contributed by atoms with van der Waals surface area (Å²) in [6.45, 7) is 4.17. The summed E-state index contributed by atoms with van der Waals surface area (Å²) in [4.78, 5) is 12.1. The third kappa shape index (κ3) is 4.74. The van der Waals surface area contributed by atoms with Gasteiger partial charge in [0.1, 0.15) is 0 Å². The molecule has 0 aliphatic rings. The summed E-state index contributed by atoms with van der Waals surface area (Å²) >= 11 is 0. The lowest BCUT2D eigenvalue weighted by Crippen LogP contribution is -2.20. The van der Waals surface area contributed by atoms with Gasteiger partial charge in [0.25, 0.3) is 5.91 Å². The van der Waals surface area contributed by atoms with E-state index in [1.54, 1.807) is 18.2 Å². The lowest BCUT2D eigenvalue weighted by atomic mass is 10.2. The summed E-state index contributed by atoms with van der Waals surface area (Å²) in [5.41, 5.74) is 2.55. The van der Waals surface area contributed by atoms with Crippen molar-refractivity contribution < 1.29 is 14.3 Å². The number of para-hydroxylation sites is 1. The Morgan fingerprint density at radius 2 is 2.00 bits per heavy atom. The predicted molar refractivity (Wildman–Crippen MR) is 94.7 cm³/mol. The first-order chi connectivity index (χ1) is 11.6. The summed E-state index contributed by atoms with van der Waals surface area (Å²) in [5.74, 6) is 5.95. The molecule has 0 atom stereocenters. The molecule has 2 aromatic rings. The number of amides is 1. The molecule has 3 N–H and O–H groups in total. The van der Waals surface area contributed by atoms with Gasteiger partial charge in [-0.25, -0.2) is 0 Å². The maximum Gasteiger partial charge on any atom is 0.262 e. The third-order valence-corrected chi connectivity index (χ3v) is 3.27. The van der Waals surface area contributed by atoms with E-state index in [1.807, 2.05) is 38.1 Å². The molecule has 0 heterocycles. The van der Waals surface area contributed by atoms with Gasteiger partial charge in [-0.3, -0.25) is 4.79 Å². The molecule has 0 saturated heterocycles. The van der Waals surface area contributed by atoms with Crippen molar-refractivity contribution in [1.82, 2.24) is 0 Å². The fraction of sp³-hybridized carbons (Fsp3) is 0.222. The highest BCUT2D eigenvalue weighted by molar-refractivity contribution is 5.92. The van der Waals surface area contributed by atoms with Crippen LogP contribution in [0.1, 0.15) is 18.1 Å². The standard InChI is InChI=1S/C18H21N3O3/c1-3-23-17-10-14(11-20-19)8-9-16(17)24-12-18(22)21-15-7-5-4-6-13(15)2/h4-11H,3,12,19H2,1-2H3,(H,21,22). The van der Waals surface area contributed by atoms with Crippen LogP contribution in [-0.2, 0) is 4.79 Å². The average molecular weight is 327 g/mol. The van der Waals surface area contributed by atoms with E-state index in [9.17, 15) is 4.79 Å². The number of hydrazone groups is 1. The number of nitrogens with zero attached hydrogens (tertiary/aromatic N) is 1. The Labute approximate surface area is 141 Å². The van der Waals surface area contributed by atoms with Crippen molar-refractivity contribution in [3.63, 3.8) is 0 Å². The molecule has 0 aromatic heterocycles. The minimum atomic E-state index is -0.237. The summed E-state index contributed by atoms with van der Waals surface area (Å²) in [5, 5.41) is 6.30. The monoisotopic (exact) mass is 327 g/mol. The van der Waals surface area contributed by atoms with E-state index in [0.717, 1.165) is 16.8 Å². The number of hydrogen-bond acceptors (Lipinski definition) is 5. The van der Waals surface area contributed by atoms with E-state index in [0.29, 0.717) is 18.1 Å². The van der Waals surface area contributed by atoms with Crippen molar-refractivity contribution in [2.24, 2.45) is 10.9 Å². The maximum absolute atomic E-state index is 12.1. The predicted octanol–water partition coefficient (Wildman–Crippen LogP) is 2.70. The molecule has 0 fully saturated rings. The number of benzene rings is 2. The van der Waals surface area contributed by atoms with Crippen molar-refractivity contribution >= 4 is 17.8 Å². The van der Waals surface area contributed by atoms with Crippen LogP contribution in [-0.4, -0.2) is 25.3 Å². The van der Waals surface area contributed by atoms with Gasteiger partial charge in [0, 0.05) is 5.69 Å². The van der Waals surface area contributed by atoms with Gasteiger partial charge < -0.3 is 20.6 Å². The van der Waals surface area contributed by atoms with Gasteiger partial charge in [0.05, 0.1) is 12.8 Å². The van der Waals surface area contributed by atoms with E-state index in [2.05, 4.69) is 10.4 Å². The van der Waals surface area contributed by atoms with Crippen molar-refractivity contribution in [1.29, 1.82) is 0 Å². The number of anilines is 1. The van der Waals surface area contributed by atoms with Gasteiger partial charge in [-0.15, -0.1) is 0 Å². The third-order valence-electron chi connectivity index (χ3n) is 3.27. The molecule has 6 nitrogen and oxygen atoms in total. The smallest absolute Gasteiger partial charge is 0.262 e. The number of nitrogens with one attached hydrogen (secondary N) is 1. The van der Waals surface area contributed by atoms with Crippen LogP contribution in [0.3, 0.4) is 0 Å². The number of nitrogens with two attached hydrogens (primary N) is 1. The largest absolute Gasteiger partial charge is 0.490 e. The number of carbonyl (C=O) groups excluding carboxylic acids is 1. The average Bonchev–Trinajstić information content (AvgIpc) is 2.57. The number of rotatable bonds is 7. The van der Waals surface area contributed by atoms with Crippen LogP contribution < -0.4 is 20.6 Å². The second-order valence-corrected chi connectivity index (χ2v) is 5.07. The number of ether oxygens (including phenoxy) is 2. The van der Waals surface area contributed by atoms with Gasteiger partial charge in [0.2, 0.25) is 0 Å². The Kier molecular flexibility index (Phi) is 6.19. The Balaban J connectivity index is 2.02.